The maximum atomic E-state index is 12.6. The highest BCUT2D eigenvalue weighted by molar-refractivity contribution is 6.41. The van der Waals surface area contributed by atoms with E-state index >= 15 is 0 Å². The van der Waals surface area contributed by atoms with Gasteiger partial charge in [0.05, 0.1) is 29.8 Å². The van der Waals surface area contributed by atoms with Gasteiger partial charge in [-0.15, -0.1) is 0 Å². The van der Waals surface area contributed by atoms with Crippen molar-refractivity contribution in [2.75, 3.05) is 14.2 Å². The Morgan fingerprint density at radius 1 is 1.08 bits per heavy atom. The summed E-state index contributed by atoms with van der Waals surface area (Å²) in [5.74, 6) is 0.539. The van der Waals surface area contributed by atoms with Gasteiger partial charge >= 0.3 is 0 Å². The third-order valence-electron chi connectivity index (χ3n) is 3.24. The maximum Gasteiger partial charge on any atom is 0.206 e. The van der Waals surface area contributed by atoms with Crippen LogP contribution in [0.3, 0.4) is 0 Å². The van der Waals surface area contributed by atoms with Gasteiger partial charge in [-0.3, -0.25) is 4.79 Å². The molecule has 122 valence electrons. The lowest BCUT2D eigenvalue weighted by molar-refractivity contribution is 0.104. The minimum absolute atomic E-state index is 0.0969. The lowest BCUT2D eigenvalue weighted by Gasteiger charge is -2.07. The summed E-state index contributed by atoms with van der Waals surface area (Å²) >= 11 is 12.1. The smallest absolute Gasteiger partial charge is 0.206 e. The van der Waals surface area contributed by atoms with Gasteiger partial charge in [0.2, 0.25) is 5.78 Å². The summed E-state index contributed by atoms with van der Waals surface area (Å²) in [6, 6.07) is 11.7. The number of rotatable bonds is 5. The van der Waals surface area contributed by atoms with Crippen LogP contribution >= 0.6 is 23.2 Å². The third kappa shape index (κ3) is 3.88. The summed E-state index contributed by atoms with van der Waals surface area (Å²) in [4.78, 5) is 12.6. The van der Waals surface area contributed by atoms with Crippen molar-refractivity contribution in [3.63, 3.8) is 0 Å². The zero-order valence-corrected chi connectivity index (χ0v) is 14.5. The molecular formula is C18H13Cl2NO3. The highest BCUT2D eigenvalue weighted by atomic mass is 35.5. The van der Waals surface area contributed by atoms with E-state index in [2.05, 4.69) is 0 Å². The van der Waals surface area contributed by atoms with Crippen LogP contribution in [0, 0.1) is 11.3 Å². The summed E-state index contributed by atoms with van der Waals surface area (Å²) in [6.45, 7) is 0. The SMILES string of the molecule is COc1cc(/C=C(\C#N)C(=O)c2c(Cl)cccc2Cl)cc(OC)c1. The number of hydrogen-bond acceptors (Lipinski definition) is 4. The second-order valence-corrected chi connectivity index (χ2v) is 5.56. The van der Waals surface area contributed by atoms with Crippen molar-refractivity contribution >= 4 is 35.1 Å². The first-order valence-electron chi connectivity index (χ1n) is 6.83. The van der Waals surface area contributed by atoms with Crippen molar-refractivity contribution in [1.82, 2.24) is 0 Å². The summed E-state index contributed by atoms with van der Waals surface area (Å²) < 4.78 is 10.4. The van der Waals surface area contributed by atoms with Crippen LogP contribution < -0.4 is 9.47 Å². The molecule has 2 aromatic rings. The molecule has 0 N–H and O–H groups in total. The Balaban J connectivity index is 2.50. The fourth-order valence-corrected chi connectivity index (χ4v) is 2.65. The first kappa shape index (κ1) is 17.9. The zero-order chi connectivity index (χ0) is 17.7. The Morgan fingerprint density at radius 2 is 1.62 bits per heavy atom. The van der Waals surface area contributed by atoms with Gasteiger partial charge in [-0.25, -0.2) is 0 Å². The van der Waals surface area contributed by atoms with E-state index in [0.29, 0.717) is 17.1 Å². The summed E-state index contributed by atoms with van der Waals surface area (Å²) in [5.41, 5.74) is 0.586. The van der Waals surface area contributed by atoms with Gasteiger partial charge in [-0.2, -0.15) is 5.26 Å². The van der Waals surface area contributed by atoms with E-state index in [4.69, 9.17) is 32.7 Å². The van der Waals surface area contributed by atoms with Gasteiger partial charge < -0.3 is 9.47 Å². The van der Waals surface area contributed by atoms with Gasteiger partial charge in [0.15, 0.2) is 0 Å². The highest BCUT2D eigenvalue weighted by Gasteiger charge is 2.19. The molecule has 6 heteroatoms. The van der Waals surface area contributed by atoms with Crippen LogP contribution in [0.2, 0.25) is 10.0 Å². The van der Waals surface area contributed by atoms with Crippen LogP contribution in [0.1, 0.15) is 15.9 Å². The average molecular weight is 362 g/mol. The Labute approximate surface area is 149 Å². The van der Waals surface area contributed by atoms with Crippen LogP contribution in [0.25, 0.3) is 6.08 Å². The van der Waals surface area contributed by atoms with E-state index in [1.165, 1.54) is 20.3 Å². The predicted molar refractivity (Wildman–Crippen MR) is 93.9 cm³/mol. The lowest BCUT2D eigenvalue weighted by Crippen LogP contribution is -2.04. The molecule has 0 aliphatic rings. The molecule has 0 spiro atoms. The van der Waals surface area contributed by atoms with Crippen molar-refractivity contribution in [3.8, 4) is 17.6 Å². The number of ether oxygens (including phenoxy) is 2. The number of carbonyl (C=O) groups excluding carboxylic acids is 1. The molecule has 0 heterocycles. The molecule has 0 amide bonds. The molecular weight excluding hydrogens is 349 g/mol. The number of Topliss-reactive ketones (excluding diaryl/α,β-unsaturated/α-hetero) is 1. The summed E-state index contributed by atoms with van der Waals surface area (Å²) in [6.07, 6.45) is 1.44. The average Bonchev–Trinajstić information content (AvgIpc) is 2.58. The third-order valence-corrected chi connectivity index (χ3v) is 3.87. The van der Waals surface area contributed by atoms with E-state index in [-0.39, 0.29) is 21.2 Å². The molecule has 0 aromatic heterocycles. The molecule has 0 aliphatic carbocycles. The number of ketones is 1. The second kappa shape index (κ2) is 7.87. The van der Waals surface area contributed by atoms with Crippen LogP contribution in [0.15, 0.2) is 42.0 Å². The molecule has 0 saturated heterocycles. The van der Waals surface area contributed by atoms with Gasteiger partial charge in [0.25, 0.3) is 0 Å². The highest BCUT2D eigenvalue weighted by Crippen LogP contribution is 2.28. The Kier molecular flexibility index (Phi) is 5.86. The van der Waals surface area contributed by atoms with Crippen LogP contribution in [-0.4, -0.2) is 20.0 Å². The quantitative estimate of drug-likeness (QED) is 0.436. The van der Waals surface area contributed by atoms with Crippen molar-refractivity contribution < 1.29 is 14.3 Å². The minimum atomic E-state index is -0.546. The molecule has 0 unspecified atom stereocenters. The molecule has 0 aliphatic heterocycles. The lowest BCUT2D eigenvalue weighted by atomic mass is 10.0. The number of hydrogen-bond donors (Lipinski definition) is 0. The molecule has 4 nitrogen and oxygen atoms in total. The van der Waals surface area contributed by atoms with E-state index < -0.39 is 5.78 Å². The van der Waals surface area contributed by atoms with Crippen LogP contribution in [-0.2, 0) is 0 Å². The zero-order valence-electron chi connectivity index (χ0n) is 13.0. The Morgan fingerprint density at radius 3 is 2.08 bits per heavy atom. The molecule has 2 aromatic carbocycles. The van der Waals surface area contributed by atoms with Crippen molar-refractivity contribution in [2.24, 2.45) is 0 Å². The molecule has 0 saturated carbocycles. The molecule has 0 atom stereocenters. The number of carbonyl (C=O) groups is 1. The number of nitrogens with zero attached hydrogens (tertiary/aromatic N) is 1. The fraction of sp³-hybridized carbons (Fsp3) is 0.111. The molecule has 0 bridgehead atoms. The van der Waals surface area contributed by atoms with Crippen molar-refractivity contribution in [3.05, 3.63) is 63.1 Å². The van der Waals surface area contributed by atoms with Gasteiger partial charge in [0.1, 0.15) is 23.1 Å². The van der Waals surface area contributed by atoms with Crippen molar-refractivity contribution in [2.45, 2.75) is 0 Å². The maximum absolute atomic E-state index is 12.6. The van der Waals surface area contributed by atoms with E-state index in [1.807, 2.05) is 6.07 Å². The number of benzene rings is 2. The van der Waals surface area contributed by atoms with Gasteiger partial charge in [-0.05, 0) is 35.9 Å². The first-order chi connectivity index (χ1) is 11.5. The number of allylic oxidation sites excluding steroid dienone is 1. The number of halogens is 2. The molecule has 0 radical (unpaired) electrons. The molecule has 0 fully saturated rings. The van der Waals surface area contributed by atoms with Gasteiger partial charge in [0, 0.05) is 6.07 Å². The summed E-state index contributed by atoms with van der Waals surface area (Å²) in [5, 5.41) is 9.75. The summed E-state index contributed by atoms with van der Waals surface area (Å²) in [7, 11) is 3.03. The minimum Gasteiger partial charge on any atom is -0.497 e. The number of methoxy groups -OCH3 is 2. The predicted octanol–water partition coefficient (Wildman–Crippen LogP) is 4.80. The van der Waals surface area contributed by atoms with E-state index in [1.54, 1.807) is 36.4 Å². The van der Waals surface area contributed by atoms with Gasteiger partial charge in [-0.1, -0.05) is 29.3 Å². The Bertz CT molecular complexity index is 811. The Hall–Kier alpha value is -2.48. The monoisotopic (exact) mass is 361 g/mol. The second-order valence-electron chi connectivity index (χ2n) is 4.74. The van der Waals surface area contributed by atoms with E-state index in [0.717, 1.165) is 0 Å². The van der Waals surface area contributed by atoms with Crippen LogP contribution in [0.5, 0.6) is 11.5 Å². The topological polar surface area (TPSA) is 59.3 Å². The largest absolute Gasteiger partial charge is 0.497 e. The van der Waals surface area contributed by atoms with Crippen molar-refractivity contribution in [1.29, 1.82) is 5.26 Å². The number of nitriles is 1. The van der Waals surface area contributed by atoms with Crippen LogP contribution in [0.4, 0.5) is 0 Å². The van der Waals surface area contributed by atoms with E-state index in [9.17, 15) is 10.1 Å². The standard InChI is InChI=1S/C18H13Cl2NO3/c1-23-13-7-11(8-14(9-13)24-2)6-12(10-21)18(22)17-15(19)4-3-5-16(17)20/h3-9H,1-2H3/b12-6+. The fourth-order valence-electron chi connectivity index (χ4n) is 2.08. The normalized spacial score (nSPS) is 10.9. The molecule has 2 rings (SSSR count). The molecule has 24 heavy (non-hydrogen) atoms. The first-order valence-corrected chi connectivity index (χ1v) is 7.59.